The van der Waals surface area contributed by atoms with Crippen LogP contribution in [0.5, 0.6) is 5.75 Å². The molecule has 0 aliphatic heterocycles. The smallest absolute Gasteiger partial charge is 0.339 e. The summed E-state index contributed by atoms with van der Waals surface area (Å²) in [5.74, 6) is -1.41. The monoisotopic (exact) mass is 208 g/mol. The molecule has 3 N–H and O–H groups in total. The Labute approximate surface area is 87.1 Å². The number of aliphatic hydroxyl groups is 1. The highest BCUT2D eigenvalue weighted by Crippen LogP contribution is 2.19. The van der Waals surface area contributed by atoms with Crippen LogP contribution in [-0.2, 0) is 0 Å². The average Bonchev–Trinajstić information content (AvgIpc) is 2.17. The van der Waals surface area contributed by atoms with Gasteiger partial charge in [0.2, 0.25) is 0 Å². The van der Waals surface area contributed by atoms with Gasteiger partial charge < -0.3 is 15.3 Å². The molecular formula is C11H12O4. The molecule has 4 heteroatoms. The van der Waals surface area contributed by atoms with Gasteiger partial charge in [-0.3, -0.25) is 0 Å². The minimum Gasteiger partial charge on any atom is -0.507 e. The van der Waals surface area contributed by atoms with E-state index in [1.54, 1.807) is 18.2 Å². The Bertz CT molecular complexity index is 382. The van der Waals surface area contributed by atoms with Gasteiger partial charge in [0.25, 0.3) is 0 Å². The molecule has 0 saturated carbocycles. The summed E-state index contributed by atoms with van der Waals surface area (Å²) in [5, 5.41) is 26.6. The summed E-state index contributed by atoms with van der Waals surface area (Å²) in [6, 6.07) is 4.31. The van der Waals surface area contributed by atoms with Crippen LogP contribution in [0.2, 0.25) is 0 Å². The van der Waals surface area contributed by atoms with E-state index in [2.05, 4.69) is 0 Å². The molecule has 0 fully saturated rings. The van der Waals surface area contributed by atoms with Gasteiger partial charge in [0, 0.05) is 6.61 Å². The quantitative estimate of drug-likeness (QED) is 0.700. The van der Waals surface area contributed by atoms with Crippen LogP contribution in [0, 0.1) is 0 Å². The maximum absolute atomic E-state index is 10.6. The van der Waals surface area contributed by atoms with Gasteiger partial charge in [-0.15, -0.1) is 0 Å². The van der Waals surface area contributed by atoms with Crippen molar-refractivity contribution >= 4 is 12.0 Å². The summed E-state index contributed by atoms with van der Waals surface area (Å²) in [6.45, 7) is 0.0652. The number of carboxylic acids is 1. The third-order valence-electron chi connectivity index (χ3n) is 1.86. The average molecular weight is 208 g/mol. The van der Waals surface area contributed by atoms with Gasteiger partial charge in [0.1, 0.15) is 11.3 Å². The molecule has 0 spiro atoms. The lowest BCUT2D eigenvalue weighted by Gasteiger charge is -2.00. The molecule has 80 valence electrons. The predicted octanol–water partition coefficient (Wildman–Crippen LogP) is 1.49. The lowest BCUT2D eigenvalue weighted by atomic mass is 10.1. The molecule has 0 atom stereocenters. The first-order valence-corrected chi connectivity index (χ1v) is 4.49. The molecule has 0 radical (unpaired) electrons. The number of aromatic hydroxyl groups is 1. The van der Waals surface area contributed by atoms with Gasteiger partial charge in [-0.1, -0.05) is 18.2 Å². The topological polar surface area (TPSA) is 77.8 Å². The van der Waals surface area contributed by atoms with E-state index in [4.69, 9.17) is 10.2 Å². The molecule has 0 bridgehead atoms. The number of hydrogen-bond acceptors (Lipinski definition) is 3. The van der Waals surface area contributed by atoms with Crippen molar-refractivity contribution in [1.29, 1.82) is 0 Å². The van der Waals surface area contributed by atoms with Gasteiger partial charge >= 0.3 is 5.97 Å². The van der Waals surface area contributed by atoms with Crippen LogP contribution in [0.3, 0.4) is 0 Å². The summed E-state index contributed by atoms with van der Waals surface area (Å²) in [5.41, 5.74) is 0.584. The van der Waals surface area contributed by atoms with Crippen molar-refractivity contribution in [3.63, 3.8) is 0 Å². The van der Waals surface area contributed by atoms with E-state index in [0.717, 1.165) is 0 Å². The Kier molecular flexibility index (Phi) is 3.88. The molecule has 0 unspecified atom stereocenters. The van der Waals surface area contributed by atoms with Gasteiger partial charge in [-0.05, 0) is 24.1 Å². The van der Waals surface area contributed by atoms with Gasteiger partial charge in [-0.25, -0.2) is 4.79 Å². The first kappa shape index (κ1) is 11.3. The van der Waals surface area contributed by atoms with Crippen LogP contribution in [0.4, 0.5) is 0 Å². The summed E-state index contributed by atoms with van der Waals surface area (Å²) in [4.78, 5) is 10.6. The highest BCUT2D eigenvalue weighted by molar-refractivity contribution is 5.91. The van der Waals surface area contributed by atoms with Crippen molar-refractivity contribution < 1.29 is 20.1 Å². The highest BCUT2D eigenvalue weighted by atomic mass is 16.4. The third-order valence-corrected chi connectivity index (χ3v) is 1.86. The Morgan fingerprint density at radius 1 is 1.40 bits per heavy atom. The van der Waals surface area contributed by atoms with Crippen LogP contribution in [0.1, 0.15) is 22.3 Å². The second kappa shape index (κ2) is 5.17. The van der Waals surface area contributed by atoms with Crippen molar-refractivity contribution in [2.75, 3.05) is 6.61 Å². The number of carboxylic acid groups (broad SMARTS) is 1. The zero-order chi connectivity index (χ0) is 11.3. The fourth-order valence-electron chi connectivity index (χ4n) is 1.13. The van der Waals surface area contributed by atoms with Gasteiger partial charge in [0.15, 0.2) is 0 Å². The molecule has 0 amide bonds. The third kappa shape index (κ3) is 3.11. The first-order chi connectivity index (χ1) is 7.15. The van der Waals surface area contributed by atoms with Crippen molar-refractivity contribution in [2.45, 2.75) is 6.42 Å². The Balaban J connectivity index is 2.87. The van der Waals surface area contributed by atoms with Crippen molar-refractivity contribution in [3.8, 4) is 5.75 Å². The minimum atomic E-state index is -1.15. The van der Waals surface area contributed by atoms with E-state index in [0.29, 0.717) is 12.0 Å². The normalized spacial score (nSPS) is 10.7. The molecule has 4 nitrogen and oxygen atoms in total. The van der Waals surface area contributed by atoms with Crippen LogP contribution in [0.25, 0.3) is 6.08 Å². The lowest BCUT2D eigenvalue weighted by molar-refractivity contribution is 0.0694. The van der Waals surface area contributed by atoms with Crippen molar-refractivity contribution in [1.82, 2.24) is 0 Å². The van der Waals surface area contributed by atoms with Crippen LogP contribution < -0.4 is 0 Å². The number of hydrogen-bond donors (Lipinski definition) is 3. The molecule has 0 heterocycles. The molecular weight excluding hydrogens is 196 g/mol. The second-order valence-corrected chi connectivity index (χ2v) is 3.00. The number of carbonyl (C=O) groups is 1. The van der Waals surface area contributed by atoms with Crippen molar-refractivity contribution in [3.05, 3.63) is 35.4 Å². The van der Waals surface area contributed by atoms with Crippen molar-refractivity contribution in [2.24, 2.45) is 0 Å². The number of aromatic carboxylic acids is 1. The Hall–Kier alpha value is -1.81. The first-order valence-electron chi connectivity index (χ1n) is 4.49. The van der Waals surface area contributed by atoms with E-state index in [-0.39, 0.29) is 17.9 Å². The molecule has 0 aliphatic carbocycles. The SMILES string of the molecule is O=C(O)c1ccc(C=CCCO)cc1O. The van der Waals surface area contributed by atoms with Crippen LogP contribution in [0.15, 0.2) is 24.3 Å². The van der Waals surface area contributed by atoms with E-state index in [1.165, 1.54) is 12.1 Å². The Morgan fingerprint density at radius 2 is 2.13 bits per heavy atom. The summed E-state index contributed by atoms with van der Waals surface area (Å²) in [7, 11) is 0. The number of benzene rings is 1. The maximum Gasteiger partial charge on any atom is 0.339 e. The summed E-state index contributed by atoms with van der Waals surface area (Å²) in [6.07, 6.45) is 3.98. The summed E-state index contributed by atoms with van der Waals surface area (Å²) < 4.78 is 0. The molecule has 0 aromatic heterocycles. The van der Waals surface area contributed by atoms with E-state index in [9.17, 15) is 9.90 Å². The molecule has 1 aromatic carbocycles. The second-order valence-electron chi connectivity index (χ2n) is 3.00. The number of phenols is 1. The van der Waals surface area contributed by atoms with Gasteiger partial charge in [-0.2, -0.15) is 0 Å². The number of aliphatic hydroxyl groups excluding tert-OH is 1. The molecule has 0 aliphatic rings. The molecule has 0 saturated heterocycles. The Morgan fingerprint density at radius 3 is 2.67 bits per heavy atom. The lowest BCUT2D eigenvalue weighted by Crippen LogP contribution is -1.96. The highest BCUT2D eigenvalue weighted by Gasteiger charge is 2.08. The standard InChI is InChI=1S/C11H12O4/c12-6-2-1-3-8-4-5-9(11(14)15)10(13)7-8/h1,3-5,7,12-13H,2,6H2,(H,14,15). The summed E-state index contributed by atoms with van der Waals surface area (Å²) >= 11 is 0. The zero-order valence-corrected chi connectivity index (χ0v) is 8.05. The minimum absolute atomic E-state index is 0.0652. The van der Waals surface area contributed by atoms with E-state index in [1.807, 2.05) is 0 Å². The molecule has 15 heavy (non-hydrogen) atoms. The largest absolute Gasteiger partial charge is 0.507 e. The van der Waals surface area contributed by atoms with Crippen LogP contribution in [-0.4, -0.2) is 27.9 Å². The fraction of sp³-hybridized carbons (Fsp3) is 0.182. The van der Waals surface area contributed by atoms with E-state index < -0.39 is 5.97 Å². The molecule has 1 rings (SSSR count). The number of rotatable bonds is 4. The fourth-order valence-corrected chi connectivity index (χ4v) is 1.13. The predicted molar refractivity (Wildman–Crippen MR) is 55.8 cm³/mol. The van der Waals surface area contributed by atoms with E-state index >= 15 is 0 Å². The molecule has 1 aromatic rings. The van der Waals surface area contributed by atoms with Crippen LogP contribution >= 0.6 is 0 Å². The zero-order valence-electron chi connectivity index (χ0n) is 8.05. The van der Waals surface area contributed by atoms with Gasteiger partial charge in [0.05, 0.1) is 0 Å². The maximum atomic E-state index is 10.6.